The molecule has 0 radical (unpaired) electrons. The number of carboxylic acids is 1. The van der Waals surface area contributed by atoms with E-state index in [4.69, 9.17) is 5.11 Å². The fraction of sp³-hybridized carbons (Fsp3) is 0.385. The maximum atomic E-state index is 13.4. The number of rotatable bonds is 5. The molecule has 0 aliphatic carbocycles. The molecule has 0 atom stereocenters. The number of thioether (sulfide) groups is 1. The highest BCUT2D eigenvalue weighted by Crippen LogP contribution is 2.22. The molecule has 4 nitrogen and oxygen atoms in total. The van der Waals surface area contributed by atoms with Gasteiger partial charge in [0.15, 0.2) is 0 Å². The van der Waals surface area contributed by atoms with Crippen LogP contribution in [0.5, 0.6) is 0 Å². The van der Waals surface area contributed by atoms with Crippen molar-refractivity contribution >= 4 is 23.6 Å². The highest BCUT2D eigenvalue weighted by Gasteiger charge is 2.34. The molecule has 1 aromatic carbocycles. The van der Waals surface area contributed by atoms with Gasteiger partial charge in [0.25, 0.3) is 0 Å². The van der Waals surface area contributed by atoms with Crippen LogP contribution in [0.25, 0.3) is 0 Å². The first-order valence-corrected chi connectivity index (χ1v) is 6.62. The van der Waals surface area contributed by atoms with Crippen molar-refractivity contribution in [1.82, 2.24) is 4.90 Å². The zero-order valence-corrected chi connectivity index (χ0v) is 11.8. The zero-order valence-electron chi connectivity index (χ0n) is 11.0. The Morgan fingerprint density at radius 2 is 1.95 bits per heavy atom. The fourth-order valence-corrected chi connectivity index (χ4v) is 2.11. The van der Waals surface area contributed by atoms with E-state index in [1.54, 1.807) is 18.2 Å². The van der Waals surface area contributed by atoms with Crippen LogP contribution in [-0.2, 0) is 9.59 Å². The van der Waals surface area contributed by atoms with E-state index in [-0.39, 0.29) is 17.5 Å². The van der Waals surface area contributed by atoms with Gasteiger partial charge < -0.3 is 10.0 Å². The number of benzene rings is 1. The molecular weight excluding hydrogens is 269 g/mol. The molecule has 104 valence electrons. The Labute approximate surface area is 115 Å². The largest absolute Gasteiger partial charge is 0.480 e. The van der Waals surface area contributed by atoms with Crippen LogP contribution < -0.4 is 0 Å². The summed E-state index contributed by atoms with van der Waals surface area (Å²) in [6.45, 7) is 2.89. The molecule has 0 heterocycles. The summed E-state index contributed by atoms with van der Waals surface area (Å²) < 4.78 is 13.4. The lowest BCUT2D eigenvalue weighted by atomic mass is 10.0. The van der Waals surface area contributed by atoms with Gasteiger partial charge in [-0.1, -0.05) is 12.1 Å². The average Bonchev–Trinajstić information content (AvgIpc) is 2.36. The molecule has 0 aliphatic rings. The van der Waals surface area contributed by atoms with Gasteiger partial charge in [0.05, 0.1) is 5.75 Å². The number of aliphatic carboxylic acids is 1. The minimum Gasteiger partial charge on any atom is -0.480 e. The molecule has 0 saturated heterocycles. The van der Waals surface area contributed by atoms with Crippen molar-refractivity contribution in [2.75, 3.05) is 12.8 Å². The Bertz CT molecular complexity index is 491. The van der Waals surface area contributed by atoms with Crippen molar-refractivity contribution in [3.8, 4) is 0 Å². The van der Waals surface area contributed by atoms with Gasteiger partial charge in [0, 0.05) is 11.9 Å². The molecule has 0 saturated carbocycles. The predicted molar refractivity (Wildman–Crippen MR) is 71.6 cm³/mol. The lowest BCUT2D eigenvalue weighted by Gasteiger charge is -2.31. The van der Waals surface area contributed by atoms with Gasteiger partial charge in [-0.2, -0.15) is 0 Å². The van der Waals surface area contributed by atoms with E-state index < -0.39 is 11.5 Å². The van der Waals surface area contributed by atoms with E-state index in [0.29, 0.717) is 4.90 Å². The van der Waals surface area contributed by atoms with E-state index >= 15 is 0 Å². The SMILES string of the molecule is CN(C(=O)CSc1ccccc1F)C(C)(C)C(=O)O. The van der Waals surface area contributed by atoms with E-state index in [1.165, 1.54) is 27.0 Å². The predicted octanol–water partition coefficient (Wildman–Crippen LogP) is 2.24. The minimum absolute atomic E-state index is 0.00581. The summed E-state index contributed by atoms with van der Waals surface area (Å²) in [4.78, 5) is 24.5. The second-order valence-corrected chi connectivity index (χ2v) is 5.55. The number of carbonyl (C=O) groups excluding carboxylic acids is 1. The molecule has 0 aliphatic heterocycles. The van der Waals surface area contributed by atoms with Crippen LogP contribution in [-0.4, -0.2) is 40.2 Å². The summed E-state index contributed by atoms with van der Waals surface area (Å²) >= 11 is 1.05. The molecule has 6 heteroatoms. The number of carboxylic acid groups (broad SMARTS) is 1. The first kappa shape index (κ1) is 15.5. The summed E-state index contributed by atoms with van der Waals surface area (Å²) in [6, 6.07) is 6.15. The average molecular weight is 285 g/mol. The Balaban J connectivity index is 2.66. The Kier molecular flexibility index (Phi) is 4.94. The van der Waals surface area contributed by atoms with Crippen LogP contribution in [0.3, 0.4) is 0 Å². The highest BCUT2D eigenvalue weighted by atomic mass is 32.2. The van der Waals surface area contributed by atoms with Crippen LogP contribution in [0.2, 0.25) is 0 Å². The van der Waals surface area contributed by atoms with Crippen molar-refractivity contribution in [2.24, 2.45) is 0 Å². The van der Waals surface area contributed by atoms with Crippen LogP contribution in [0.1, 0.15) is 13.8 Å². The van der Waals surface area contributed by atoms with Crippen molar-refractivity contribution in [1.29, 1.82) is 0 Å². The van der Waals surface area contributed by atoms with Gasteiger partial charge in [-0.3, -0.25) is 4.79 Å². The van der Waals surface area contributed by atoms with Gasteiger partial charge in [-0.25, -0.2) is 9.18 Å². The minimum atomic E-state index is -1.28. The normalized spacial score (nSPS) is 11.2. The number of amides is 1. The number of carbonyl (C=O) groups is 2. The van der Waals surface area contributed by atoms with Crippen LogP contribution >= 0.6 is 11.8 Å². The molecule has 0 fully saturated rings. The number of hydrogen-bond acceptors (Lipinski definition) is 3. The van der Waals surface area contributed by atoms with Gasteiger partial charge >= 0.3 is 5.97 Å². The molecule has 0 spiro atoms. The Morgan fingerprint density at radius 1 is 1.37 bits per heavy atom. The third-order valence-corrected chi connectivity index (χ3v) is 3.96. The van der Waals surface area contributed by atoms with Crippen molar-refractivity contribution in [3.05, 3.63) is 30.1 Å². The molecule has 0 unspecified atom stereocenters. The van der Waals surface area contributed by atoms with Crippen molar-refractivity contribution < 1.29 is 19.1 Å². The van der Waals surface area contributed by atoms with Gasteiger partial charge in [0.1, 0.15) is 11.4 Å². The topological polar surface area (TPSA) is 57.6 Å². The monoisotopic (exact) mass is 285 g/mol. The molecule has 1 aromatic rings. The summed E-state index contributed by atoms with van der Waals surface area (Å²) in [7, 11) is 1.43. The molecular formula is C13H16FNO3S. The number of likely N-dealkylation sites (N-methyl/N-ethyl adjacent to an activating group) is 1. The lowest BCUT2D eigenvalue weighted by molar-refractivity contribution is -0.154. The van der Waals surface area contributed by atoms with Crippen LogP contribution in [0.15, 0.2) is 29.2 Å². The maximum Gasteiger partial charge on any atom is 0.329 e. The zero-order chi connectivity index (χ0) is 14.6. The van der Waals surface area contributed by atoms with Gasteiger partial charge in [-0.05, 0) is 26.0 Å². The van der Waals surface area contributed by atoms with E-state index in [1.807, 2.05) is 0 Å². The van der Waals surface area contributed by atoms with Gasteiger partial charge in [0.2, 0.25) is 5.91 Å². The molecule has 1 rings (SSSR count). The second-order valence-electron chi connectivity index (χ2n) is 4.54. The Hall–Kier alpha value is -1.56. The third-order valence-electron chi connectivity index (χ3n) is 2.92. The molecule has 0 aromatic heterocycles. The fourth-order valence-electron chi connectivity index (χ4n) is 1.25. The number of halogens is 1. The molecule has 0 bridgehead atoms. The first-order chi connectivity index (χ1) is 8.76. The van der Waals surface area contributed by atoms with Gasteiger partial charge in [-0.15, -0.1) is 11.8 Å². The quantitative estimate of drug-likeness (QED) is 0.843. The molecule has 1 amide bonds. The van der Waals surface area contributed by atoms with E-state index in [2.05, 4.69) is 0 Å². The van der Waals surface area contributed by atoms with E-state index in [0.717, 1.165) is 16.7 Å². The van der Waals surface area contributed by atoms with Crippen molar-refractivity contribution in [2.45, 2.75) is 24.3 Å². The smallest absolute Gasteiger partial charge is 0.329 e. The summed E-state index contributed by atoms with van der Waals surface area (Å²) in [6.07, 6.45) is 0. The van der Waals surface area contributed by atoms with E-state index in [9.17, 15) is 14.0 Å². The molecule has 1 N–H and O–H groups in total. The summed E-state index contributed by atoms with van der Waals surface area (Å²) in [5.41, 5.74) is -1.28. The maximum absolute atomic E-state index is 13.4. The van der Waals surface area contributed by atoms with Crippen LogP contribution in [0.4, 0.5) is 4.39 Å². The highest BCUT2D eigenvalue weighted by molar-refractivity contribution is 8.00. The first-order valence-electron chi connectivity index (χ1n) is 5.64. The Morgan fingerprint density at radius 3 is 2.47 bits per heavy atom. The third kappa shape index (κ3) is 3.70. The van der Waals surface area contributed by atoms with Crippen LogP contribution in [0, 0.1) is 5.82 Å². The molecule has 19 heavy (non-hydrogen) atoms. The summed E-state index contributed by atoms with van der Waals surface area (Å²) in [5.74, 6) is -1.84. The lowest BCUT2D eigenvalue weighted by Crippen LogP contribution is -2.51. The van der Waals surface area contributed by atoms with Crippen molar-refractivity contribution in [3.63, 3.8) is 0 Å². The number of hydrogen-bond donors (Lipinski definition) is 1. The standard InChI is InChI=1S/C13H16FNO3S/c1-13(2,12(17)18)15(3)11(16)8-19-10-7-5-4-6-9(10)14/h4-7H,8H2,1-3H3,(H,17,18). The number of nitrogens with zero attached hydrogens (tertiary/aromatic N) is 1. The second kappa shape index (κ2) is 6.06. The summed E-state index contributed by atoms with van der Waals surface area (Å²) in [5, 5.41) is 9.03.